The highest BCUT2D eigenvalue weighted by Gasteiger charge is 2.37. The Labute approximate surface area is 82.6 Å². The van der Waals surface area contributed by atoms with Crippen LogP contribution in [0.25, 0.3) is 0 Å². The minimum Gasteiger partial charge on any atom is -0.354 e. The third kappa shape index (κ3) is 1.48. The van der Waals surface area contributed by atoms with E-state index in [4.69, 9.17) is 5.73 Å². The Bertz CT molecular complexity index is 265. The second-order valence-corrected chi connectivity index (χ2v) is 3.88. The van der Waals surface area contributed by atoms with Crippen molar-refractivity contribution in [1.82, 2.24) is 10.2 Å². The first kappa shape index (κ1) is 9.45. The lowest BCUT2D eigenvalue weighted by molar-refractivity contribution is -0.139. The summed E-state index contributed by atoms with van der Waals surface area (Å²) < 4.78 is 0. The molecular formula is C9H15N3O2. The Morgan fingerprint density at radius 3 is 2.71 bits per heavy atom. The molecule has 2 atom stereocenters. The molecule has 78 valence electrons. The molecule has 14 heavy (non-hydrogen) atoms. The Morgan fingerprint density at radius 2 is 2.14 bits per heavy atom. The van der Waals surface area contributed by atoms with E-state index in [1.807, 2.05) is 0 Å². The molecule has 3 N–H and O–H groups in total. The summed E-state index contributed by atoms with van der Waals surface area (Å²) in [5.41, 5.74) is 5.60. The zero-order valence-electron chi connectivity index (χ0n) is 8.03. The van der Waals surface area contributed by atoms with E-state index in [9.17, 15) is 9.59 Å². The number of hydrogen-bond donors (Lipinski definition) is 2. The molecule has 5 nitrogen and oxygen atoms in total. The van der Waals surface area contributed by atoms with Gasteiger partial charge in [0.15, 0.2) is 0 Å². The van der Waals surface area contributed by atoms with Gasteiger partial charge in [0, 0.05) is 13.1 Å². The van der Waals surface area contributed by atoms with Crippen LogP contribution in [0.15, 0.2) is 0 Å². The van der Waals surface area contributed by atoms with Gasteiger partial charge < -0.3 is 16.0 Å². The van der Waals surface area contributed by atoms with Crippen LogP contribution in [0.2, 0.25) is 0 Å². The Kier molecular flexibility index (Phi) is 2.41. The van der Waals surface area contributed by atoms with Crippen LogP contribution in [0.3, 0.4) is 0 Å². The van der Waals surface area contributed by atoms with Gasteiger partial charge in [-0.05, 0) is 19.3 Å². The van der Waals surface area contributed by atoms with Crippen LogP contribution in [0, 0.1) is 0 Å². The first-order chi connectivity index (χ1) is 6.70. The van der Waals surface area contributed by atoms with Crippen LogP contribution in [0.1, 0.15) is 19.3 Å². The molecule has 0 radical (unpaired) electrons. The number of hydrogen-bond acceptors (Lipinski definition) is 3. The fourth-order valence-corrected chi connectivity index (χ4v) is 2.09. The van der Waals surface area contributed by atoms with Crippen molar-refractivity contribution >= 4 is 11.8 Å². The second-order valence-electron chi connectivity index (χ2n) is 3.88. The molecule has 0 aromatic heterocycles. The average molecular weight is 197 g/mol. The molecule has 2 rings (SSSR count). The predicted molar refractivity (Wildman–Crippen MR) is 50.3 cm³/mol. The van der Waals surface area contributed by atoms with Gasteiger partial charge >= 0.3 is 0 Å². The largest absolute Gasteiger partial charge is 0.354 e. The van der Waals surface area contributed by atoms with Crippen LogP contribution in [-0.4, -0.2) is 41.9 Å². The van der Waals surface area contributed by atoms with E-state index in [-0.39, 0.29) is 17.9 Å². The predicted octanol–water partition coefficient (Wildman–Crippen LogP) is -1.18. The van der Waals surface area contributed by atoms with Crippen LogP contribution in [0.4, 0.5) is 0 Å². The molecule has 2 aliphatic rings. The van der Waals surface area contributed by atoms with Crippen LogP contribution < -0.4 is 11.1 Å². The Balaban J connectivity index is 2.07. The lowest BCUT2D eigenvalue weighted by Gasteiger charge is -2.30. The molecule has 0 spiro atoms. The van der Waals surface area contributed by atoms with E-state index in [2.05, 4.69) is 5.32 Å². The van der Waals surface area contributed by atoms with Crippen LogP contribution in [0.5, 0.6) is 0 Å². The summed E-state index contributed by atoms with van der Waals surface area (Å²) >= 11 is 0. The third-order valence-corrected chi connectivity index (χ3v) is 2.91. The quantitative estimate of drug-likeness (QED) is 0.556. The highest BCUT2D eigenvalue weighted by molar-refractivity contribution is 5.91. The molecule has 2 fully saturated rings. The van der Waals surface area contributed by atoms with E-state index >= 15 is 0 Å². The van der Waals surface area contributed by atoms with Crippen molar-refractivity contribution in [1.29, 1.82) is 0 Å². The Morgan fingerprint density at radius 1 is 1.36 bits per heavy atom. The maximum atomic E-state index is 11.6. The summed E-state index contributed by atoms with van der Waals surface area (Å²) in [7, 11) is 0. The highest BCUT2D eigenvalue weighted by Crippen LogP contribution is 2.18. The van der Waals surface area contributed by atoms with Gasteiger partial charge in [-0.2, -0.15) is 0 Å². The summed E-state index contributed by atoms with van der Waals surface area (Å²) in [6.07, 6.45) is 2.38. The van der Waals surface area contributed by atoms with Gasteiger partial charge in [-0.3, -0.25) is 9.59 Å². The number of likely N-dealkylation sites (tertiary alicyclic amines) is 1. The molecule has 5 heteroatoms. The van der Waals surface area contributed by atoms with Gasteiger partial charge in [-0.15, -0.1) is 0 Å². The summed E-state index contributed by atoms with van der Waals surface area (Å²) in [6.45, 7) is 1.35. The van der Waals surface area contributed by atoms with Crippen LogP contribution in [-0.2, 0) is 9.59 Å². The molecule has 2 heterocycles. The number of nitrogens with two attached hydrogens (primary N) is 1. The van der Waals surface area contributed by atoms with Crippen molar-refractivity contribution in [2.24, 2.45) is 5.73 Å². The smallest absolute Gasteiger partial charge is 0.242 e. The zero-order valence-corrected chi connectivity index (χ0v) is 8.03. The summed E-state index contributed by atoms with van der Waals surface area (Å²) in [6, 6.07) is -0.672. The van der Waals surface area contributed by atoms with Crippen molar-refractivity contribution in [3.05, 3.63) is 0 Å². The molecular weight excluding hydrogens is 182 g/mol. The number of nitrogens with one attached hydrogen (secondary N) is 1. The standard InChI is InChI=1S/C9H15N3O2/c10-6-3-5-12(9(6)14)7-2-1-4-11-8(7)13/h6-7H,1-5,10H2,(H,11,13). The number of rotatable bonds is 1. The number of amides is 2. The van der Waals surface area contributed by atoms with Gasteiger partial charge in [0.2, 0.25) is 11.8 Å². The SMILES string of the molecule is NC1CCN(C2CCCNC2=O)C1=O. The van der Waals surface area contributed by atoms with Crippen molar-refractivity contribution in [2.75, 3.05) is 13.1 Å². The van der Waals surface area contributed by atoms with E-state index < -0.39 is 6.04 Å². The summed E-state index contributed by atoms with van der Waals surface area (Å²) in [4.78, 5) is 24.7. The summed E-state index contributed by atoms with van der Waals surface area (Å²) in [5.74, 6) is -0.106. The van der Waals surface area contributed by atoms with Gasteiger partial charge in [0.1, 0.15) is 6.04 Å². The first-order valence-corrected chi connectivity index (χ1v) is 5.04. The van der Waals surface area contributed by atoms with Gasteiger partial charge in [-0.25, -0.2) is 0 Å². The number of piperidine rings is 1. The third-order valence-electron chi connectivity index (χ3n) is 2.91. The maximum absolute atomic E-state index is 11.6. The lowest BCUT2D eigenvalue weighted by atomic mass is 10.1. The molecule has 0 aromatic rings. The molecule has 0 aliphatic carbocycles. The number of carbonyl (C=O) groups is 2. The van der Waals surface area contributed by atoms with Crippen molar-refractivity contribution in [3.63, 3.8) is 0 Å². The molecule has 0 saturated carbocycles. The molecule has 2 aliphatic heterocycles. The first-order valence-electron chi connectivity index (χ1n) is 5.04. The van der Waals surface area contributed by atoms with Gasteiger partial charge in [0.05, 0.1) is 6.04 Å². The topological polar surface area (TPSA) is 75.4 Å². The number of carbonyl (C=O) groups excluding carboxylic acids is 2. The molecule has 2 amide bonds. The lowest BCUT2D eigenvalue weighted by Crippen LogP contribution is -2.52. The monoisotopic (exact) mass is 197 g/mol. The molecule has 0 aromatic carbocycles. The minimum atomic E-state index is -0.398. The fourth-order valence-electron chi connectivity index (χ4n) is 2.09. The Hall–Kier alpha value is -1.10. The van der Waals surface area contributed by atoms with E-state index in [1.165, 1.54) is 0 Å². The van der Waals surface area contributed by atoms with E-state index in [0.29, 0.717) is 13.0 Å². The average Bonchev–Trinajstić information content (AvgIpc) is 2.49. The molecule has 2 saturated heterocycles. The van der Waals surface area contributed by atoms with E-state index in [0.717, 1.165) is 19.4 Å². The van der Waals surface area contributed by atoms with Crippen molar-refractivity contribution in [2.45, 2.75) is 31.3 Å². The fraction of sp³-hybridized carbons (Fsp3) is 0.778. The van der Waals surface area contributed by atoms with Crippen LogP contribution >= 0.6 is 0 Å². The maximum Gasteiger partial charge on any atom is 0.242 e. The molecule has 0 bridgehead atoms. The second kappa shape index (κ2) is 3.57. The van der Waals surface area contributed by atoms with Gasteiger partial charge in [-0.1, -0.05) is 0 Å². The highest BCUT2D eigenvalue weighted by atomic mass is 16.2. The number of nitrogens with zero attached hydrogens (tertiary/aromatic N) is 1. The van der Waals surface area contributed by atoms with Gasteiger partial charge in [0.25, 0.3) is 0 Å². The van der Waals surface area contributed by atoms with E-state index in [1.54, 1.807) is 4.90 Å². The minimum absolute atomic E-state index is 0.0290. The zero-order chi connectivity index (χ0) is 10.1. The van der Waals surface area contributed by atoms with Crippen molar-refractivity contribution < 1.29 is 9.59 Å². The normalized spacial score (nSPS) is 33.4. The molecule has 2 unspecified atom stereocenters. The summed E-state index contributed by atoms with van der Waals surface area (Å²) in [5, 5.41) is 2.77. The van der Waals surface area contributed by atoms with Crippen molar-refractivity contribution in [3.8, 4) is 0 Å².